The Morgan fingerprint density at radius 1 is 1.45 bits per heavy atom. The molecule has 0 aromatic rings. The molecule has 2 heteroatoms. The van der Waals surface area contributed by atoms with E-state index in [1.807, 2.05) is 0 Å². The fourth-order valence-electron chi connectivity index (χ4n) is 1.63. The standard InChI is InChI=1S/C9H19NO/c1-9(2,3)7-10-5-4-8(11)6-10/h8,11H,4-7H2,1-3H3/t8-/m1/s1. The summed E-state index contributed by atoms with van der Waals surface area (Å²) in [6.45, 7) is 9.74. The Labute approximate surface area is 69.2 Å². The molecule has 11 heavy (non-hydrogen) atoms. The SMILES string of the molecule is CC(C)(C)CN1CC[C@@H](O)C1. The molecule has 0 bridgehead atoms. The van der Waals surface area contributed by atoms with Gasteiger partial charge in [0.25, 0.3) is 0 Å². The van der Waals surface area contributed by atoms with Crippen molar-refractivity contribution in [2.24, 2.45) is 5.41 Å². The van der Waals surface area contributed by atoms with E-state index in [4.69, 9.17) is 0 Å². The minimum absolute atomic E-state index is 0.0719. The van der Waals surface area contributed by atoms with Crippen LogP contribution in [0.25, 0.3) is 0 Å². The molecule has 1 rings (SSSR count). The van der Waals surface area contributed by atoms with E-state index < -0.39 is 0 Å². The summed E-state index contributed by atoms with van der Waals surface area (Å²) >= 11 is 0. The molecule has 0 unspecified atom stereocenters. The van der Waals surface area contributed by atoms with Crippen LogP contribution in [-0.4, -0.2) is 35.7 Å². The van der Waals surface area contributed by atoms with E-state index in [1.165, 1.54) is 0 Å². The predicted molar refractivity (Wildman–Crippen MR) is 46.5 cm³/mol. The number of likely N-dealkylation sites (tertiary alicyclic amines) is 1. The van der Waals surface area contributed by atoms with Gasteiger partial charge < -0.3 is 10.0 Å². The molecule has 0 saturated carbocycles. The summed E-state index contributed by atoms with van der Waals surface area (Å²) in [7, 11) is 0. The lowest BCUT2D eigenvalue weighted by atomic mass is 9.96. The van der Waals surface area contributed by atoms with E-state index in [-0.39, 0.29) is 6.10 Å². The quantitative estimate of drug-likeness (QED) is 0.616. The molecular formula is C9H19NO. The van der Waals surface area contributed by atoms with Gasteiger partial charge in [0.15, 0.2) is 0 Å². The van der Waals surface area contributed by atoms with E-state index in [9.17, 15) is 5.11 Å². The number of aliphatic hydroxyl groups is 1. The van der Waals surface area contributed by atoms with Crippen molar-refractivity contribution in [3.63, 3.8) is 0 Å². The van der Waals surface area contributed by atoms with Crippen LogP contribution in [-0.2, 0) is 0 Å². The highest BCUT2D eigenvalue weighted by atomic mass is 16.3. The number of aliphatic hydroxyl groups excluding tert-OH is 1. The first-order valence-corrected chi connectivity index (χ1v) is 4.38. The molecule has 0 aliphatic carbocycles. The van der Waals surface area contributed by atoms with Gasteiger partial charge >= 0.3 is 0 Å². The van der Waals surface area contributed by atoms with Crippen molar-refractivity contribution in [1.82, 2.24) is 4.90 Å². The highest BCUT2D eigenvalue weighted by Gasteiger charge is 2.23. The average Bonchev–Trinajstić information content (AvgIpc) is 2.10. The smallest absolute Gasteiger partial charge is 0.0679 e. The lowest BCUT2D eigenvalue weighted by Gasteiger charge is -2.25. The van der Waals surface area contributed by atoms with Crippen LogP contribution in [0, 0.1) is 5.41 Å². The second-order valence-corrected chi connectivity index (χ2v) is 4.74. The summed E-state index contributed by atoms with van der Waals surface area (Å²) in [4.78, 5) is 2.34. The van der Waals surface area contributed by atoms with E-state index in [1.54, 1.807) is 0 Å². The van der Waals surface area contributed by atoms with E-state index in [0.717, 1.165) is 26.1 Å². The van der Waals surface area contributed by atoms with Crippen molar-refractivity contribution in [3.8, 4) is 0 Å². The minimum atomic E-state index is -0.0719. The van der Waals surface area contributed by atoms with Crippen LogP contribution >= 0.6 is 0 Å². The van der Waals surface area contributed by atoms with Gasteiger partial charge in [0.1, 0.15) is 0 Å². The third-order valence-electron chi connectivity index (χ3n) is 1.95. The Morgan fingerprint density at radius 2 is 2.09 bits per heavy atom. The first-order chi connectivity index (χ1) is 4.97. The first kappa shape index (κ1) is 9.01. The zero-order valence-corrected chi connectivity index (χ0v) is 7.80. The first-order valence-electron chi connectivity index (χ1n) is 4.38. The fourth-order valence-corrected chi connectivity index (χ4v) is 1.63. The predicted octanol–water partition coefficient (Wildman–Crippen LogP) is 1.10. The maximum Gasteiger partial charge on any atom is 0.0679 e. The van der Waals surface area contributed by atoms with Crippen LogP contribution in [0.2, 0.25) is 0 Å². The molecule has 1 fully saturated rings. The number of hydrogen-bond acceptors (Lipinski definition) is 2. The number of β-amino-alcohol motifs (C(OH)–C–C–N with tert-alkyl or cyclic N) is 1. The maximum atomic E-state index is 9.25. The van der Waals surface area contributed by atoms with Gasteiger partial charge in [-0.1, -0.05) is 20.8 Å². The molecule has 1 aliphatic rings. The van der Waals surface area contributed by atoms with Crippen molar-refractivity contribution in [2.45, 2.75) is 33.3 Å². The Kier molecular flexibility index (Phi) is 2.55. The molecule has 1 atom stereocenters. The minimum Gasteiger partial charge on any atom is -0.392 e. The summed E-state index contributed by atoms with van der Waals surface area (Å²) < 4.78 is 0. The zero-order chi connectivity index (χ0) is 8.48. The fraction of sp³-hybridized carbons (Fsp3) is 1.00. The highest BCUT2D eigenvalue weighted by molar-refractivity contribution is 4.78. The van der Waals surface area contributed by atoms with Crippen LogP contribution in [0.5, 0.6) is 0 Å². The van der Waals surface area contributed by atoms with Crippen LogP contribution < -0.4 is 0 Å². The van der Waals surface area contributed by atoms with E-state index >= 15 is 0 Å². The molecule has 0 amide bonds. The monoisotopic (exact) mass is 157 g/mol. The van der Waals surface area contributed by atoms with Crippen molar-refractivity contribution in [1.29, 1.82) is 0 Å². The van der Waals surface area contributed by atoms with Crippen molar-refractivity contribution in [2.75, 3.05) is 19.6 Å². The molecular weight excluding hydrogens is 138 g/mol. The number of rotatable bonds is 1. The number of hydrogen-bond donors (Lipinski definition) is 1. The molecule has 66 valence electrons. The molecule has 2 nitrogen and oxygen atoms in total. The Balaban J connectivity index is 2.29. The molecule has 0 aromatic heterocycles. The van der Waals surface area contributed by atoms with Gasteiger partial charge in [-0.25, -0.2) is 0 Å². The van der Waals surface area contributed by atoms with Gasteiger partial charge in [0.2, 0.25) is 0 Å². The summed E-state index contributed by atoms with van der Waals surface area (Å²) in [6, 6.07) is 0. The topological polar surface area (TPSA) is 23.5 Å². The van der Waals surface area contributed by atoms with Crippen LogP contribution in [0.15, 0.2) is 0 Å². The summed E-state index contributed by atoms with van der Waals surface area (Å²) in [5, 5.41) is 9.25. The largest absolute Gasteiger partial charge is 0.392 e. The van der Waals surface area contributed by atoms with E-state index in [2.05, 4.69) is 25.7 Å². The van der Waals surface area contributed by atoms with Gasteiger partial charge in [-0.3, -0.25) is 0 Å². The molecule has 1 aliphatic heterocycles. The molecule has 1 heterocycles. The molecule has 1 N–H and O–H groups in total. The highest BCUT2D eigenvalue weighted by Crippen LogP contribution is 2.18. The second-order valence-electron chi connectivity index (χ2n) is 4.74. The van der Waals surface area contributed by atoms with Gasteiger partial charge in [0, 0.05) is 19.6 Å². The molecule has 0 radical (unpaired) electrons. The van der Waals surface area contributed by atoms with E-state index in [0.29, 0.717) is 5.41 Å². The normalized spacial score (nSPS) is 27.8. The van der Waals surface area contributed by atoms with Gasteiger partial charge in [-0.15, -0.1) is 0 Å². The van der Waals surface area contributed by atoms with Crippen LogP contribution in [0.3, 0.4) is 0 Å². The molecule has 1 saturated heterocycles. The van der Waals surface area contributed by atoms with Gasteiger partial charge in [-0.2, -0.15) is 0 Å². The third kappa shape index (κ3) is 3.21. The zero-order valence-electron chi connectivity index (χ0n) is 7.80. The Bertz CT molecular complexity index is 128. The van der Waals surface area contributed by atoms with Crippen LogP contribution in [0.1, 0.15) is 27.2 Å². The van der Waals surface area contributed by atoms with Crippen LogP contribution in [0.4, 0.5) is 0 Å². The Hall–Kier alpha value is -0.0800. The lowest BCUT2D eigenvalue weighted by molar-refractivity contribution is 0.160. The maximum absolute atomic E-state index is 9.25. The average molecular weight is 157 g/mol. The summed E-state index contributed by atoms with van der Waals surface area (Å²) in [5.74, 6) is 0. The van der Waals surface area contributed by atoms with Gasteiger partial charge in [0.05, 0.1) is 6.10 Å². The third-order valence-corrected chi connectivity index (χ3v) is 1.95. The summed E-state index contributed by atoms with van der Waals surface area (Å²) in [5.41, 5.74) is 0.365. The lowest BCUT2D eigenvalue weighted by Crippen LogP contribution is -2.31. The molecule has 0 aromatic carbocycles. The van der Waals surface area contributed by atoms with Crippen molar-refractivity contribution >= 4 is 0 Å². The van der Waals surface area contributed by atoms with Crippen molar-refractivity contribution in [3.05, 3.63) is 0 Å². The Morgan fingerprint density at radius 3 is 2.45 bits per heavy atom. The van der Waals surface area contributed by atoms with Gasteiger partial charge in [-0.05, 0) is 11.8 Å². The van der Waals surface area contributed by atoms with Crippen molar-refractivity contribution < 1.29 is 5.11 Å². The summed E-state index contributed by atoms with van der Waals surface area (Å²) in [6.07, 6.45) is 0.883. The molecule has 0 spiro atoms. The number of nitrogens with zero attached hydrogens (tertiary/aromatic N) is 1. The second kappa shape index (κ2) is 3.11.